The Kier molecular flexibility index (Phi) is 5.40. The van der Waals surface area contributed by atoms with Gasteiger partial charge in [-0.2, -0.15) is 0 Å². The van der Waals surface area contributed by atoms with Gasteiger partial charge < -0.3 is 9.64 Å². The van der Waals surface area contributed by atoms with Crippen molar-refractivity contribution in [1.82, 2.24) is 0 Å². The number of hydrogen-bond acceptors (Lipinski definition) is 3. The van der Waals surface area contributed by atoms with E-state index in [1.54, 1.807) is 0 Å². The maximum Gasteiger partial charge on any atom is 0.307 e. The molecule has 0 atom stereocenters. The minimum absolute atomic E-state index is 0.136. The SMILES string of the molecule is CCOC(=O)CCN(CC)c1cc[c]cc1. The van der Waals surface area contributed by atoms with Crippen LogP contribution in [0, 0.1) is 6.07 Å². The molecule has 0 aliphatic carbocycles. The number of ether oxygens (including phenoxy) is 1. The van der Waals surface area contributed by atoms with E-state index in [4.69, 9.17) is 4.74 Å². The monoisotopic (exact) mass is 220 g/mol. The molecule has 0 saturated heterocycles. The molecule has 0 fully saturated rings. The number of hydrogen-bond donors (Lipinski definition) is 0. The zero-order valence-corrected chi connectivity index (χ0v) is 9.90. The summed E-state index contributed by atoms with van der Waals surface area (Å²) in [5, 5.41) is 0. The van der Waals surface area contributed by atoms with Crippen LogP contribution in [0.3, 0.4) is 0 Å². The maximum absolute atomic E-state index is 11.2. The molecule has 0 amide bonds. The predicted molar refractivity (Wildman–Crippen MR) is 64.4 cm³/mol. The van der Waals surface area contributed by atoms with Gasteiger partial charge in [0.05, 0.1) is 13.0 Å². The fraction of sp³-hybridized carbons (Fsp3) is 0.462. The number of rotatable bonds is 6. The van der Waals surface area contributed by atoms with Gasteiger partial charge in [0.25, 0.3) is 0 Å². The second-order valence-corrected chi connectivity index (χ2v) is 3.39. The van der Waals surface area contributed by atoms with Crippen molar-refractivity contribution in [2.24, 2.45) is 0 Å². The summed E-state index contributed by atoms with van der Waals surface area (Å²) in [6.45, 7) is 5.92. The molecule has 1 aromatic carbocycles. The molecular formula is C13H18NO2. The van der Waals surface area contributed by atoms with Crippen molar-refractivity contribution in [2.75, 3.05) is 24.6 Å². The van der Waals surface area contributed by atoms with Crippen LogP contribution in [0.5, 0.6) is 0 Å². The van der Waals surface area contributed by atoms with Gasteiger partial charge in [0.15, 0.2) is 0 Å². The number of carbonyl (C=O) groups excluding carboxylic acids is 1. The topological polar surface area (TPSA) is 29.5 Å². The Balaban J connectivity index is 2.47. The molecule has 1 aromatic rings. The van der Waals surface area contributed by atoms with Gasteiger partial charge in [-0.15, -0.1) is 0 Å². The summed E-state index contributed by atoms with van der Waals surface area (Å²) >= 11 is 0. The fourth-order valence-corrected chi connectivity index (χ4v) is 1.52. The van der Waals surface area contributed by atoms with E-state index in [2.05, 4.69) is 17.9 Å². The van der Waals surface area contributed by atoms with Crippen LogP contribution in [-0.4, -0.2) is 25.7 Å². The van der Waals surface area contributed by atoms with Crippen molar-refractivity contribution >= 4 is 11.7 Å². The highest BCUT2D eigenvalue weighted by Gasteiger charge is 2.07. The van der Waals surface area contributed by atoms with Gasteiger partial charge in [-0.25, -0.2) is 0 Å². The third-order valence-electron chi connectivity index (χ3n) is 2.34. The summed E-state index contributed by atoms with van der Waals surface area (Å²) in [6, 6.07) is 10.7. The van der Waals surface area contributed by atoms with Gasteiger partial charge in [0.1, 0.15) is 0 Å². The average Bonchev–Trinajstić information content (AvgIpc) is 2.31. The highest BCUT2D eigenvalue weighted by atomic mass is 16.5. The second kappa shape index (κ2) is 6.88. The minimum atomic E-state index is -0.136. The zero-order valence-electron chi connectivity index (χ0n) is 9.90. The average molecular weight is 220 g/mol. The first-order valence-corrected chi connectivity index (χ1v) is 5.64. The highest BCUT2D eigenvalue weighted by molar-refractivity contribution is 5.70. The Bertz CT molecular complexity index is 311. The Labute approximate surface area is 97.0 Å². The van der Waals surface area contributed by atoms with Crippen LogP contribution in [0.1, 0.15) is 20.3 Å². The minimum Gasteiger partial charge on any atom is -0.466 e. The largest absolute Gasteiger partial charge is 0.466 e. The Morgan fingerprint density at radius 1 is 1.38 bits per heavy atom. The van der Waals surface area contributed by atoms with Gasteiger partial charge in [-0.1, -0.05) is 12.1 Å². The van der Waals surface area contributed by atoms with Gasteiger partial charge >= 0.3 is 5.97 Å². The van der Waals surface area contributed by atoms with Crippen LogP contribution >= 0.6 is 0 Å². The molecule has 0 aromatic heterocycles. The van der Waals surface area contributed by atoms with E-state index in [9.17, 15) is 4.79 Å². The number of carbonyl (C=O) groups is 1. The second-order valence-electron chi connectivity index (χ2n) is 3.39. The van der Waals surface area contributed by atoms with Crippen LogP contribution in [-0.2, 0) is 9.53 Å². The van der Waals surface area contributed by atoms with Gasteiger partial charge in [0, 0.05) is 18.8 Å². The van der Waals surface area contributed by atoms with E-state index in [1.807, 2.05) is 31.2 Å². The summed E-state index contributed by atoms with van der Waals surface area (Å²) in [4.78, 5) is 13.4. The zero-order chi connectivity index (χ0) is 11.8. The first-order chi connectivity index (χ1) is 7.77. The maximum atomic E-state index is 11.2. The molecule has 0 bridgehead atoms. The normalized spacial score (nSPS) is 9.88. The summed E-state index contributed by atoms with van der Waals surface area (Å²) in [5.74, 6) is -0.136. The molecular weight excluding hydrogens is 202 g/mol. The van der Waals surface area contributed by atoms with E-state index in [-0.39, 0.29) is 5.97 Å². The molecule has 0 aliphatic rings. The summed E-state index contributed by atoms with van der Waals surface area (Å²) in [6.07, 6.45) is 0.431. The third-order valence-corrected chi connectivity index (χ3v) is 2.34. The molecule has 87 valence electrons. The highest BCUT2D eigenvalue weighted by Crippen LogP contribution is 2.12. The molecule has 0 heterocycles. The van der Waals surface area contributed by atoms with E-state index in [0.29, 0.717) is 19.6 Å². The van der Waals surface area contributed by atoms with E-state index in [1.165, 1.54) is 0 Å². The van der Waals surface area contributed by atoms with Crippen molar-refractivity contribution in [1.29, 1.82) is 0 Å². The number of nitrogens with zero attached hydrogens (tertiary/aromatic N) is 1. The van der Waals surface area contributed by atoms with Crippen molar-refractivity contribution in [3.8, 4) is 0 Å². The van der Waals surface area contributed by atoms with Crippen LogP contribution in [0.15, 0.2) is 24.3 Å². The summed E-state index contributed by atoms with van der Waals surface area (Å²) < 4.78 is 4.90. The van der Waals surface area contributed by atoms with Crippen molar-refractivity contribution in [2.45, 2.75) is 20.3 Å². The summed E-state index contributed by atoms with van der Waals surface area (Å²) in [5.41, 5.74) is 1.12. The van der Waals surface area contributed by atoms with E-state index in [0.717, 1.165) is 12.2 Å². The van der Waals surface area contributed by atoms with Crippen LogP contribution in [0.25, 0.3) is 0 Å². The molecule has 0 N–H and O–H groups in total. The Morgan fingerprint density at radius 3 is 2.62 bits per heavy atom. The lowest BCUT2D eigenvalue weighted by Gasteiger charge is -2.22. The molecule has 0 unspecified atom stereocenters. The van der Waals surface area contributed by atoms with Crippen molar-refractivity contribution in [3.63, 3.8) is 0 Å². The first-order valence-electron chi connectivity index (χ1n) is 5.64. The smallest absolute Gasteiger partial charge is 0.307 e. The molecule has 1 rings (SSSR count). The molecule has 0 spiro atoms. The predicted octanol–water partition coefficient (Wildman–Crippen LogP) is 2.27. The molecule has 3 nitrogen and oxygen atoms in total. The van der Waals surface area contributed by atoms with E-state index >= 15 is 0 Å². The number of esters is 1. The third kappa shape index (κ3) is 3.93. The fourth-order valence-electron chi connectivity index (χ4n) is 1.52. The van der Waals surface area contributed by atoms with Crippen LogP contribution in [0.4, 0.5) is 5.69 Å². The lowest BCUT2D eigenvalue weighted by molar-refractivity contribution is -0.142. The quantitative estimate of drug-likeness (QED) is 0.689. The summed E-state index contributed by atoms with van der Waals surface area (Å²) in [7, 11) is 0. The Hall–Kier alpha value is -1.51. The number of anilines is 1. The van der Waals surface area contributed by atoms with Crippen molar-refractivity contribution < 1.29 is 9.53 Å². The molecule has 3 heteroatoms. The molecule has 16 heavy (non-hydrogen) atoms. The first kappa shape index (κ1) is 12.6. The standard InChI is InChI=1S/C13H18NO2/c1-3-14(11-10-13(15)16-4-2)12-8-6-5-7-9-12/h6-9H,3-4,10-11H2,1-2H3. The molecule has 0 saturated carbocycles. The molecule has 1 radical (unpaired) electrons. The van der Waals surface area contributed by atoms with Gasteiger partial charge in [0.2, 0.25) is 0 Å². The van der Waals surface area contributed by atoms with Crippen molar-refractivity contribution in [3.05, 3.63) is 30.3 Å². The van der Waals surface area contributed by atoms with Crippen LogP contribution in [0.2, 0.25) is 0 Å². The molecule has 0 aliphatic heterocycles. The Morgan fingerprint density at radius 2 is 2.06 bits per heavy atom. The lowest BCUT2D eigenvalue weighted by Crippen LogP contribution is -2.26. The van der Waals surface area contributed by atoms with Crippen LogP contribution < -0.4 is 4.90 Å². The van der Waals surface area contributed by atoms with Gasteiger partial charge in [-0.3, -0.25) is 4.79 Å². The number of benzene rings is 1. The van der Waals surface area contributed by atoms with E-state index < -0.39 is 0 Å². The van der Waals surface area contributed by atoms with Gasteiger partial charge in [-0.05, 0) is 32.0 Å². The lowest BCUT2D eigenvalue weighted by atomic mass is 10.2.